The van der Waals surface area contributed by atoms with Crippen molar-refractivity contribution in [1.29, 1.82) is 0 Å². The number of aliphatic imine (C=N–C) groups is 1. The minimum absolute atomic E-state index is 0.152. The van der Waals surface area contributed by atoms with Gasteiger partial charge in [-0.15, -0.1) is 0 Å². The van der Waals surface area contributed by atoms with Gasteiger partial charge in [-0.3, -0.25) is 14.9 Å². The molecule has 0 amide bonds. The maximum atomic E-state index is 12.7. The Hall–Kier alpha value is -2.60. The van der Waals surface area contributed by atoms with Crippen LogP contribution in [-0.2, 0) is 0 Å². The van der Waals surface area contributed by atoms with Gasteiger partial charge in [0.15, 0.2) is 0 Å². The molecule has 1 aromatic heterocycles. The Bertz CT molecular complexity index is 969. The van der Waals surface area contributed by atoms with Gasteiger partial charge < -0.3 is 5.11 Å². The Kier molecular flexibility index (Phi) is 4.40. The SMILES string of the molecule is Cc1cc(Br)ccc1-n1[nH]c(C)c(C=Nc2ccc(O)cc2)c1=O. The first kappa shape index (κ1) is 16.3. The van der Waals surface area contributed by atoms with Gasteiger partial charge in [-0.25, -0.2) is 4.68 Å². The molecule has 5 nitrogen and oxygen atoms in total. The number of aromatic amines is 1. The summed E-state index contributed by atoms with van der Waals surface area (Å²) in [7, 11) is 0. The summed E-state index contributed by atoms with van der Waals surface area (Å²) in [6.07, 6.45) is 1.55. The fourth-order valence-corrected chi connectivity index (χ4v) is 2.90. The van der Waals surface area contributed by atoms with Crippen LogP contribution in [-0.4, -0.2) is 21.1 Å². The molecule has 0 spiro atoms. The molecule has 2 N–H and O–H groups in total. The van der Waals surface area contributed by atoms with Crippen LogP contribution in [0, 0.1) is 13.8 Å². The number of nitrogens with zero attached hydrogens (tertiary/aromatic N) is 2. The summed E-state index contributed by atoms with van der Waals surface area (Å²) < 4.78 is 2.49. The van der Waals surface area contributed by atoms with Crippen LogP contribution in [0.5, 0.6) is 5.75 Å². The molecular weight excluding hydrogens is 370 g/mol. The number of hydrogen-bond donors (Lipinski definition) is 2. The van der Waals surface area contributed by atoms with Gasteiger partial charge >= 0.3 is 0 Å². The molecule has 122 valence electrons. The summed E-state index contributed by atoms with van der Waals surface area (Å²) in [5.74, 6) is 0.180. The second-order valence-corrected chi connectivity index (χ2v) is 6.41. The van der Waals surface area contributed by atoms with Crippen LogP contribution in [0.2, 0.25) is 0 Å². The molecule has 0 radical (unpaired) electrons. The molecule has 0 unspecified atom stereocenters. The number of rotatable bonds is 3. The number of H-pyrrole nitrogens is 1. The summed E-state index contributed by atoms with van der Waals surface area (Å²) in [4.78, 5) is 17.0. The Labute approximate surface area is 147 Å². The zero-order valence-electron chi connectivity index (χ0n) is 13.2. The van der Waals surface area contributed by atoms with Crippen molar-refractivity contribution >= 4 is 27.8 Å². The van der Waals surface area contributed by atoms with Crippen molar-refractivity contribution in [3.63, 3.8) is 0 Å². The molecule has 3 rings (SSSR count). The minimum Gasteiger partial charge on any atom is -0.508 e. The summed E-state index contributed by atoms with van der Waals surface area (Å²) in [5.41, 5.74) is 3.54. The van der Waals surface area contributed by atoms with E-state index in [0.717, 1.165) is 21.4 Å². The molecule has 2 aromatic carbocycles. The van der Waals surface area contributed by atoms with Crippen molar-refractivity contribution in [2.24, 2.45) is 4.99 Å². The Balaban J connectivity index is 2.00. The van der Waals surface area contributed by atoms with Crippen molar-refractivity contribution in [2.45, 2.75) is 13.8 Å². The average Bonchev–Trinajstić information content (AvgIpc) is 2.82. The number of halogens is 1. The van der Waals surface area contributed by atoms with E-state index >= 15 is 0 Å². The lowest BCUT2D eigenvalue weighted by Crippen LogP contribution is -2.18. The zero-order chi connectivity index (χ0) is 17.3. The van der Waals surface area contributed by atoms with Crippen LogP contribution in [0.25, 0.3) is 5.69 Å². The lowest BCUT2D eigenvalue weighted by molar-refractivity contribution is 0.475. The topological polar surface area (TPSA) is 70.4 Å². The molecule has 1 heterocycles. The summed E-state index contributed by atoms with van der Waals surface area (Å²) in [5, 5.41) is 12.4. The molecule has 0 bridgehead atoms. The second kappa shape index (κ2) is 6.49. The van der Waals surface area contributed by atoms with Gasteiger partial charge in [-0.2, -0.15) is 0 Å². The number of aromatic hydroxyl groups is 1. The van der Waals surface area contributed by atoms with E-state index in [4.69, 9.17) is 0 Å². The van der Waals surface area contributed by atoms with Crippen LogP contribution in [0.15, 0.2) is 56.7 Å². The van der Waals surface area contributed by atoms with Crippen LogP contribution in [0.1, 0.15) is 16.8 Å². The van der Waals surface area contributed by atoms with Crippen LogP contribution in [0.4, 0.5) is 5.69 Å². The van der Waals surface area contributed by atoms with Gasteiger partial charge in [-0.05, 0) is 61.9 Å². The van der Waals surface area contributed by atoms with Gasteiger partial charge in [0.1, 0.15) is 5.75 Å². The van der Waals surface area contributed by atoms with Gasteiger partial charge in [0.05, 0.1) is 16.9 Å². The quantitative estimate of drug-likeness (QED) is 0.668. The molecule has 0 aliphatic heterocycles. The number of aryl methyl sites for hydroxylation is 2. The number of nitrogens with one attached hydrogen (secondary N) is 1. The van der Waals surface area contributed by atoms with Gasteiger partial charge in [-0.1, -0.05) is 15.9 Å². The minimum atomic E-state index is -0.152. The predicted octanol–water partition coefficient (Wildman–Crippen LogP) is 4.00. The summed E-state index contributed by atoms with van der Waals surface area (Å²) in [6, 6.07) is 12.2. The second-order valence-electron chi connectivity index (χ2n) is 5.50. The monoisotopic (exact) mass is 385 g/mol. The highest BCUT2D eigenvalue weighted by Gasteiger charge is 2.12. The van der Waals surface area contributed by atoms with Crippen LogP contribution >= 0.6 is 15.9 Å². The molecule has 3 aromatic rings. The standard InChI is InChI=1S/C18H16BrN3O2/c1-11-9-13(19)3-8-17(11)22-18(24)16(12(2)21-22)10-20-14-4-6-15(23)7-5-14/h3-10,21,23H,1-2H3. The molecule has 0 fully saturated rings. The first-order valence-corrected chi connectivity index (χ1v) is 8.16. The number of phenols is 1. The molecule has 0 aliphatic rings. The molecule has 24 heavy (non-hydrogen) atoms. The fraction of sp³-hybridized carbons (Fsp3) is 0.111. The summed E-state index contributed by atoms with van der Waals surface area (Å²) >= 11 is 3.43. The fourth-order valence-electron chi connectivity index (χ4n) is 2.43. The Morgan fingerprint density at radius 3 is 2.54 bits per heavy atom. The number of benzene rings is 2. The number of aromatic nitrogens is 2. The van der Waals surface area contributed by atoms with E-state index in [0.29, 0.717) is 11.3 Å². The van der Waals surface area contributed by atoms with Crippen molar-refractivity contribution in [3.05, 3.63) is 74.1 Å². The normalized spacial score (nSPS) is 11.3. The average molecular weight is 386 g/mol. The van der Waals surface area contributed by atoms with Crippen molar-refractivity contribution in [2.75, 3.05) is 0 Å². The molecular formula is C18H16BrN3O2. The third-order valence-electron chi connectivity index (χ3n) is 3.71. The van der Waals surface area contributed by atoms with E-state index in [2.05, 4.69) is 26.0 Å². The number of phenolic OH excluding ortho intramolecular Hbond substituents is 1. The third kappa shape index (κ3) is 3.19. The zero-order valence-corrected chi connectivity index (χ0v) is 14.8. The van der Waals surface area contributed by atoms with E-state index < -0.39 is 0 Å². The van der Waals surface area contributed by atoms with Crippen LogP contribution in [0.3, 0.4) is 0 Å². The van der Waals surface area contributed by atoms with E-state index in [1.807, 2.05) is 32.0 Å². The largest absolute Gasteiger partial charge is 0.508 e. The molecule has 0 aliphatic carbocycles. The first-order chi connectivity index (χ1) is 11.5. The highest BCUT2D eigenvalue weighted by atomic mass is 79.9. The molecule has 0 saturated carbocycles. The molecule has 6 heteroatoms. The number of hydrogen-bond acceptors (Lipinski definition) is 3. The third-order valence-corrected chi connectivity index (χ3v) is 4.20. The Morgan fingerprint density at radius 2 is 1.88 bits per heavy atom. The van der Waals surface area contributed by atoms with Gasteiger partial charge in [0.2, 0.25) is 0 Å². The maximum absolute atomic E-state index is 12.7. The molecule has 0 atom stereocenters. The molecule has 0 saturated heterocycles. The lowest BCUT2D eigenvalue weighted by atomic mass is 10.2. The smallest absolute Gasteiger partial charge is 0.280 e. The van der Waals surface area contributed by atoms with E-state index in [9.17, 15) is 9.90 Å². The maximum Gasteiger partial charge on any atom is 0.280 e. The van der Waals surface area contributed by atoms with Crippen molar-refractivity contribution in [3.8, 4) is 11.4 Å². The summed E-state index contributed by atoms with van der Waals surface area (Å²) in [6.45, 7) is 3.79. The predicted molar refractivity (Wildman–Crippen MR) is 98.9 cm³/mol. The first-order valence-electron chi connectivity index (χ1n) is 7.37. The van der Waals surface area contributed by atoms with Crippen LogP contribution < -0.4 is 5.56 Å². The van der Waals surface area contributed by atoms with Crippen molar-refractivity contribution in [1.82, 2.24) is 9.78 Å². The lowest BCUT2D eigenvalue weighted by Gasteiger charge is -2.06. The van der Waals surface area contributed by atoms with E-state index in [1.165, 1.54) is 4.68 Å². The highest BCUT2D eigenvalue weighted by Crippen LogP contribution is 2.19. The van der Waals surface area contributed by atoms with Gasteiger partial charge in [0, 0.05) is 16.4 Å². The van der Waals surface area contributed by atoms with Crippen molar-refractivity contribution < 1.29 is 5.11 Å². The Morgan fingerprint density at radius 1 is 1.17 bits per heavy atom. The van der Waals surface area contributed by atoms with E-state index in [1.54, 1.807) is 30.5 Å². The highest BCUT2D eigenvalue weighted by molar-refractivity contribution is 9.10. The van der Waals surface area contributed by atoms with E-state index in [-0.39, 0.29) is 11.3 Å². The van der Waals surface area contributed by atoms with Gasteiger partial charge in [0.25, 0.3) is 5.56 Å².